The molecule has 6 heteroatoms. The van der Waals surface area contributed by atoms with E-state index >= 15 is 0 Å². The molecule has 0 amide bonds. The molecule has 2 nitrogen and oxygen atoms in total. The number of hydrogen-bond acceptors (Lipinski definition) is 2. The Morgan fingerprint density at radius 3 is 2.14 bits per heavy atom. The van der Waals surface area contributed by atoms with E-state index in [1.807, 2.05) is 0 Å². The molecule has 0 aromatic rings. The molecule has 0 aromatic heterocycles. The van der Waals surface area contributed by atoms with Crippen molar-refractivity contribution < 1.29 is 21.1 Å². The van der Waals surface area contributed by atoms with Crippen LogP contribution >= 0.6 is 0 Å². The predicted octanol–water partition coefficient (Wildman–Crippen LogP) is 2.50. The number of rotatable bonds is 3. The summed E-state index contributed by atoms with van der Waals surface area (Å²) in [5.41, 5.74) is 0. The molecular formula is C8H13F3O2S. The van der Waals surface area contributed by atoms with E-state index in [1.54, 1.807) is 0 Å². The Bertz CT molecular complexity index is 277. The molecule has 0 aliphatic heterocycles. The van der Waals surface area contributed by atoms with Gasteiger partial charge in [0.2, 0.25) is 5.92 Å². The highest BCUT2D eigenvalue weighted by molar-refractivity contribution is 7.86. The maximum Gasteiger partial charge on any atom is 0.302 e. The fraction of sp³-hybridized carbons (Fsp3) is 1.00. The van der Waals surface area contributed by atoms with Crippen LogP contribution in [0.5, 0.6) is 0 Å². The van der Waals surface area contributed by atoms with Gasteiger partial charge in [0.05, 0.1) is 5.75 Å². The molecule has 0 bridgehead atoms. The fourth-order valence-electron chi connectivity index (χ4n) is 1.70. The van der Waals surface area contributed by atoms with Crippen LogP contribution in [0.15, 0.2) is 0 Å². The molecule has 1 rings (SSSR count). The zero-order chi connectivity index (χ0) is 10.8. The lowest BCUT2D eigenvalue weighted by Crippen LogP contribution is -2.25. The Morgan fingerprint density at radius 1 is 1.21 bits per heavy atom. The van der Waals surface area contributed by atoms with Crippen molar-refractivity contribution in [2.24, 2.45) is 5.92 Å². The summed E-state index contributed by atoms with van der Waals surface area (Å²) >= 11 is 0. The van der Waals surface area contributed by atoms with Crippen molar-refractivity contribution >= 4 is 10.2 Å². The van der Waals surface area contributed by atoms with Crippen LogP contribution in [0.2, 0.25) is 0 Å². The van der Waals surface area contributed by atoms with Gasteiger partial charge in [-0.3, -0.25) is 0 Å². The standard InChI is InChI=1S/C8H13F3O2S/c9-8(10)4-1-7(2-5-8)3-6-14(11,12)13/h7H,1-6H2. The van der Waals surface area contributed by atoms with Gasteiger partial charge in [-0.2, -0.15) is 8.42 Å². The molecule has 1 aliphatic rings. The minimum atomic E-state index is -4.44. The van der Waals surface area contributed by atoms with E-state index in [0.717, 1.165) is 0 Å². The van der Waals surface area contributed by atoms with Gasteiger partial charge in [0.1, 0.15) is 0 Å². The third-order valence-corrected chi connectivity index (χ3v) is 3.33. The second-order valence-electron chi connectivity index (χ2n) is 3.83. The minimum absolute atomic E-state index is 0.0693. The van der Waals surface area contributed by atoms with Gasteiger partial charge < -0.3 is 0 Å². The summed E-state index contributed by atoms with van der Waals surface area (Å²) in [5.74, 6) is -3.21. The summed E-state index contributed by atoms with van der Waals surface area (Å²) in [6.45, 7) is 0. The van der Waals surface area contributed by atoms with Gasteiger partial charge in [0.15, 0.2) is 0 Å². The van der Waals surface area contributed by atoms with Gasteiger partial charge in [-0.25, -0.2) is 8.78 Å². The van der Waals surface area contributed by atoms with Gasteiger partial charge in [-0.15, -0.1) is 3.89 Å². The van der Waals surface area contributed by atoms with E-state index in [0.29, 0.717) is 12.8 Å². The average Bonchev–Trinajstić information content (AvgIpc) is 2.01. The van der Waals surface area contributed by atoms with Crippen molar-refractivity contribution in [3.05, 3.63) is 0 Å². The maximum absolute atomic E-state index is 12.7. The van der Waals surface area contributed by atoms with Crippen LogP contribution in [0.4, 0.5) is 12.7 Å². The average molecular weight is 230 g/mol. The van der Waals surface area contributed by atoms with Gasteiger partial charge in [-0.05, 0) is 25.2 Å². The number of alkyl halides is 2. The van der Waals surface area contributed by atoms with Crippen LogP contribution in [0, 0.1) is 5.92 Å². The topological polar surface area (TPSA) is 34.1 Å². The molecule has 0 spiro atoms. The SMILES string of the molecule is O=S(=O)(F)CCC1CCC(F)(F)CC1. The van der Waals surface area contributed by atoms with E-state index in [4.69, 9.17) is 0 Å². The van der Waals surface area contributed by atoms with Crippen LogP contribution in [-0.2, 0) is 10.2 Å². The Balaban J connectivity index is 2.30. The number of halogens is 3. The van der Waals surface area contributed by atoms with Gasteiger partial charge in [0, 0.05) is 12.8 Å². The van der Waals surface area contributed by atoms with Crippen LogP contribution in [0.3, 0.4) is 0 Å². The zero-order valence-corrected chi connectivity index (χ0v) is 8.50. The van der Waals surface area contributed by atoms with E-state index in [1.165, 1.54) is 0 Å². The van der Waals surface area contributed by atoms with E-state index in [-0.39, 0.29) is 25.2 Å². The first-order valence-electron chi connectivity index (χ1n) is 4.59. The van der Waals surface area contributed by atoms with E-state index < -0.39 is 21.9 Å². The van der Waals surface area contributed by atoms with Crippen molar-refractivity contribution in [2.75, 3.05) is 5.75 Å². The zero-order valence-electron chi connectivity index (χ0n) is 7.68. The number of hydrogen-bond donors (Lipinski definition) is 0. The molecule has 84 valence electrons. The Labute approximate surface area is 81.7 Å². The largest absolute Gasteiger partial charge is 0.302 e. The van der Waals surface area contributed by atoms with Crippen LogP contribution in [0.25, 0.3) is 0 Å². The molecule has 0 saturated heterocycles. The second kappa shape index (κ2) is 4.08. The highest BCUT2D eigenvalue weighted by Gasteiger charge is 2.34. The lowest BCUT2D eigenvalue weighted by molar-refractivity contribution is -0.0459. The Kier molecular flexibility index (Phi) is 3.44. The van der Waals surface area contributed by atoms with E-state index in [9.17, 15) is 21.1 Å². The van der Waals surface area contributed by atoms with E-state index in [2.05, 4.69) is 0 Å². The normalized spacial score (nSPS) is 23.6. The molecular weight excluding hydrogens is 217 g/mol. The molecule has 0 N–H and O–H groups in total. The third kappa shape index (κ3) is 4.30. The minimum Gasteiger partial charge on any atom is -0.207 e. The van der Waals surface area contributed by atoms with Gasteiger partial charge in [-0.1, -0.05) is 0 Å². The Hall–Kier alpha value is -0.260. The third-order valence-electron chi connectivity index (χ3n) is 2.61. The van der Waals surface area contributed by atoms with Crippen LogP contribution in [-0.4, -0.2) is 20.1 Å². The molecule has 0 aromatic carbocycles. The summed E-state index contributed by atoms with van der Waals surface area (Å²) in [7, 11) is -4.44. The first-order valence-corrected chi connectivity index (χ1v) is 6.14. The first-order chi connectivity index (χ1) is 6.29. The summed E-state index contributed by atoms with van der Waals surface area (Å²) < 4.78 is 57.8. The molecule has 1 saturated carbocycles. The molecule has 0 atom stereocenters. The second-order valence-corrected chi connectivity index (χ2v) is 5.32. The molecule has 0 heterocycles. The predicted molar refractivity (Wildman–Crippen MR) is 46.4 cm³/mol. The summed E-state index contributed by atoms with van der Waals surface area (Å²) in [4.78, 5) is 0. The van der Waals surface area contributed by atoms with Crippen molar-refractivity contribution in [3.63, 3.8) is 0 Å². The smallest absolute Gasteiger partial charge is 0.207 e. The molecule has 14 heavy (non-hydrogen) atoms. The summed E-state index contributed by atoms with van der Waals surface area (Å²) in [6.07, 6.45) is 0.341. The highest BCUT2D eigenvalue weighted by Crippen LogP contribution is 2.37. The lowest BCUT2D eigenvalue weighted by atomic mass is 9.85. The fourth-order valence-corrected chi connectivity index (χ4v) is 2.31. The Morgan fingerprint density at radius 2 is 1.71 bits per heavy atom. The van der Waals surface area contributed by atoms with Crippen LogP contribution in [0.1, 0.15) is 32.1 Å². The highest BCUT2D eigenvalue weighted by atomic mass is 32.3. The molecule has 1 fully saturated rings. The molecule has 0 radical (unpaired) electrons. The first kappa shape index (κ1) is 11.8. The van der Waals surface area contributed by atoms with Crippen molar-refractivity contribution in [1.29, 1.82) is 0 Å². The molecule has 0 unspecified atom stereocenters. The van der Waals surface area contributed by atoms with Gasteiger partial charge in [0.25, 0.3) is 0 Å². The maximum atomic E-state index is 12.7. The van der Waals surface area contributed by atoms with Crippen molar-refractivity contribution in [3.8, 4) is 0 Å². The van der Waals surface area contributed by atoms with Crippen LogP contribution < -0.4 is 0 Å². The molecule has 1 aliphatic carbocycles. The van der Waals surface area contributed by atoms with Crippen molar-refractivity contribution in [1.82, 2.24) is 0 Å². The lowest BCUT2D eigenvalue weighted by Gasteiger charge is -2.27. The quantitative estimate of drug-likeness (QED) is 0.698. The van der Waals surface area contributed by atoms with Gasteiger partial charge >= 0.3 is 10.2 Å². The van der Waals surface area contributed by atoms with Crippen molar-refractivity contribution in [2.45, 2.75) is 38.0 Å². The summed E-state index contributed by atoms with van der Waals surface area (Å²) in [6, 6.07) is 0. The summed E-state index contributed by atoms with van der Waals surface area (Å²) in [5, 5.41) is 0. The monoisotopic (exact) mass is 230 g/mol.